The van der Waals surface area contributed by atoms with Gasteiger partial charge in [-0.05, 0) is 18.9 Å². The lowest BCUT2D eigenvalue weighted by Crippen LogP contribution is -2.42. The molecule has 5 heteroatoms. The number of benzene rings is 1. The van der Waals surface area contributed by atoms with Gasteiger partial charge in [0.2, 0.25) is 5.91 Å². The maximum Gasteiger partial charge on any atom is 0.224 e. The Hall–Kier alpha value is -1.49. The molecule has 1 fully saturated rings. The molecule has 0 heterocycles. The van der Waals surface area contributed by atoms with Crippen molar-refractivity contribution in [2.75, 3.05) is 7.05 Å². The van der Waals surface area contributed by atoms with Gasteiger partial charge in [0.25, 0.3) is 0 Å². The molecule has 0 spiro atoms. The largest absolute Gasteiger partial charge is 0.341 e. The van der Waals surface area contributed by atoms with E-state index in [0.29, 0.717) is 5.56 Å². The Labute approximate surface area is 117 Å². The van der Waals surface area contributed by atoms with E-state index in [0.717, 1.165) is 31.7 Å². The van der Waals surface area contributed by atoms with Gasteiger partial charge in [0.15, 0.2) is 0 Å². The van der Waals surface area contributed by atoms with E-state index < -0.39 is 17.2 Å². The molecule has 1 amide bonds. The van der Waals surface area contributed by atoms with E-state index in [2.05, 4.69) is 0 Å². The minimum absolute atomic E-state index is 0.0990. The highest BCUT2D eigenvalue weighted by atomic mass is 19.1. The second kappa shape index (κ2) is 5.87. The van der Waals surface area contributed by atoms with Crippen LogP contribution in [0, 0.1) is 11.6 Å². The average Bonchev–Trinajstić information content (AvgIpc) is 2.79. The van der Waals surface area contributed by atoms with Crippen molar-refractivity contribution in [1.29, 1.82) is 0 Å². The van der Waals surface area contributed by atoms with Crippen LogP contribution in [0.15, 0.2) is 18.2 Å². The maximum atomic E-state index is 13.6. The Balaban J connectivity index is 1.97. The number of carbonyl (C=O) groups is 1. The van der Waals surface area contributed by atoms with E-state index in [1.165, 1.54) is 17.0 Å². The maximum absolute atomic E-state index is 13.6. The SMILES string of the molecule is CN(Cc1ccc(F)cc1F)C(=O)CC1(N)CCCC1. The van der Waals surface area contributed by atoms with E-state index >= 15 is 0 Å². The smallest absolute Gasteiger partial charge is 0.224 e. The Kier molecular flexibility index (Phi) is 4.38. The van der Waals surface area contributed by atoms with Gasteiger partial charge >= 0.3 is 0 Å². The minimum Gasteiger partial charge on any atom is -0.341 e. The first-order chi connectivity index (χ1) is 9.39. The van der Waals surface area contributed by atoms with Gasteiger partial charge in [0.05, 0.1) is 0 Å². The minimum atomic E-state index is -0.632. The van der Waals surface area contributed by atoms with Gasteiger partial charge in [-0.25, -0.2) is 8.78 Å². The van der Waals surface area contributed by atoms with Crippen molar-refractivity contribution in [2.45, 2.75) is 44.2 Å². The van der Waals surface area contributed by atoms with E-state index in [1.54, 1.807) is 7.05 Å². The lowest BCUT2D eigenvalue weighted by molar-refractivity contribution is -0.131. The molecule has 1 aliphatic rings. The third kappa shape index (κ3) is 3.54. The summed E-state index contributed by atoms with van der Waals surface area (Å²) >= 11 is 0. The average molecular weight is 282 g/mol. The fourth-order valence-corrected chi connectivity index (χ4v) is 2.69. The lowest BCUT2D eigenvalue weighted by atomic mass is 9.94. The summed E-state index contributed by atoms with van der Waals surface area (Å²) in [7, 11) is 1.61. The second-order valence-corrected chi connectivity index (χ2v) is 5.73. The Bertz CT molecular complexity index is 499. The summed E-state index contributed by atoms with van der Waals surface area (Å²) in [6.07, 6.45) is 4.11. The molecule has 20 heavy (non-hydrogen) atoms. The summed E-state index contributed by atoms with van der Waals surface area (Å²) in [6, 6.07) is 3.38. The summed E-state index contributed by atoms with van der Waals surface area (Å²) < 4.78 is 26.4. The van der Waals surface area contributed by atoms with Gasteiger partial charge in [0.1, 0.15) is 11.6 Å². The number of hydrogen-bond donors (Lipinski definition) is 1. The molecule has 1 saturated carbocycles. The molecule has 1 aliphatic carbocycles. The number of carbonyl (C=O) groups excluding carboxylic acids is 1. The zero-order valence-electron chi connectivity index (χ0n) is 11.7. The topological polar surface area (TPSA) is 46.3 Å². The van der Waals surface area contributed by atoms with Crippen LogP contribution < -0.4 is 5.73 Å². The van der Waals surface area contributed by atoms with Crippen LogP contribution in [0.2, 0.25) is 0 Å². The van der Waals surface area contributed by atoms with Crippen LogP contribution in [0.25, 0.3) is 0 Å². The second-order valence-electron chi connectivity index (χ2n) is 5.73. The molecule has 3 nitrogen and oxygen atoms in total. The third-order valence-electron chi connectivity index (χ3n) is 3.95. The molecule has 0 saturated heterocycles. The van der Waals surface area contributed by atoms with Crippen molar-refractivity contribution < 1.29 is 13.6 Å². The van der Waals surface area contributed by atoms with Crippen molar-refractivity contribution in [1.82, 2.24) is 4.90 Å². The van der Waals surface area contributed by atoms with E-state index in [9.17, 15) is 13.6 Å². The molecule has 0 bridgehead atoms. The molecule has 1 aromatic rings. The third-order valence-corrected chi connectivity index (χ3v) is 3.95. The lowest BCUT2D eigenvalue weighted by Gasteiger charge is -2.26. The van der Waals surface area contributed by atoms with Gasteiger partial charge in [-0.3, -0.25) is 4.79 Å². The number of halogens is 2. The van der Waals surface area contributed by atoms with Crippen molar-refractivity contribution in [2.24, 2.45) is 5.73 Å². The standard InChI is InChI=1S/C15H20F2N2O/c1-19(10-11-4-5-12(16)8-13(11)17)14(20)9-15(18)6-2-3-7-15/h4-5,8H,2-3,6-7,9-10,18H2,1H3. The van der Waals surface area contributed by atoms with Crippen molar-refractivity contribution in [3.05, 3.63) is 35.4 Å². The van der Waals surface area contributed by atoms with Crippen LogP contribution in [0.3, 0.4) is 0 Å². The fourth-order valence-electron chi connectivity index (χ4n) is 2.69. The van der Waals surface area contributed by atoms with Crippen LogP contribution in [0.1, 0.15) is 37.7 Å². The summed E-state index contributed by atoms with van der Waals surface area (Å²) in [5, 5.41) is 0. The quantitative estimate of drug-likeness (QED) is 0.922. The van der Waals surface area contributed by atoms with Gasteiger partial charge < -0.3 is 10.6 Å². The zero-order valence-corrected chi connectivity index (χ0v) is 11.7. The Morgan fingerprint density at radius 3 is 2.60 bits per heavy atom. The van der Waals surface area contributed by atoms with Crippen molar-refractivity contribution in [3.63, 3.8) is 0 Å². The van der Waals surface area contributed by atoms with Crippen LogP contribution in [-0.2, 0) is 11.3 Å². The molecule has 0 aromatic heterocycles. The van der Waals surface area contributed by atoms with E-state index in [-0.39, 0.29) is 18.9 Å². The number of amides is 1. The van der Waals surface area contributed by atoms with Gasteiger partial charge in [-0.1, -0.05) is 18.9 Å². The molecule has 0 aliphatic heterocycles. The van der Waals surface area contributed by atoms with Crippen molar-refractivity contribution >= 4 is 5.91 Å². The summed E-state index contributed by atoms with van der Waals surface area (Å²) in [5.41, 5.74) is 6.07. The molecule has 0 radical (unpaired) electrons. The van der Waals surface area contributed by atoms with E-state index in [4.69, 9.17) is 5.73 Å². The van der Waals surface area contributed by atoms with Gasteiger partial charge in [-0.15, -0.1) is 0 Å². The molecule has 1 aromatic carbocycles. The van der Waals surface area contributed by atoms with Crippen LogP contribution in [-0.4, -0.2) is 23.4 Å². The molecule has 0 unspecified atom stereocenters. The summed E-state index contributed by atoms with van der Waals surface area (Å²) in [5.74, 6) is -1.35. The predicted molar refractivity (Wildman–Crippen MR) is 72.8 cm³/mol. The summed E-state index contributed by atoms with van der Waals surface area (Å²) in [6.45, 7) is 0.126. The number of nitrogens with two attached hydrogens (primary N) is 1. The highest BCUT2D eigenvalue weighted by Crippen LogP contribution is 2.30. The Morgan fingerprint density at radius 1 is 1.35 bits per heavy atom. The number of rotatable bonds is 4. The normalized spacial score (nSPS) is 17.2. The van der Waals surface area contributed by atoms with E-state index in [1.807, 2.05) is 0 Å². The monoisotopic (exact) mass is 282 g/mol. The number of nitrogens with zero attached hydrogens (tertiary/aromatic N) is 1. The molecule has 110 valence electrons. The first kappa shape index (κ1) is 14.9. The van der Waals surface area contributed by atoms with Crippen LogP contribution >= 0.6 is 0 Å². The highest BCUT2D eigenvalue weighted by molar-refractivity contribution is 5.77. The predicted octanol–water partition coefficient (Wildman–Crippen LogP) is 2.58. The zero-order chi connectivity index (χ0) is 14.8. The first-order valence-corrected chi connectivity index (χ1v) is 6.86. The highest BCUT2D eigenvalue weighted by Gasteiger charge is 2.32. The first-order valence-electron chi connectivity index (χ1n) is 6.86. The van der Waals surface area contributed by atoms with Gasteiger partial charge in [0, 0.05) is 37.2 Å². The Morgan fingerprint density at radius 2 is 2.00 bits per heavy atom. The molecule has 2 rings (SSSR count). The number of hydrogen-bond acceptors (Lipinski definition) is 2. The summed E-state index contributed by atoms with van der Waals surface area (Å²) in [4.78, 5) is 13.6. The van der Waals surface area contributed by atoms with Crippen molar-refractivity contribution in [3.8, 4) is 0 Å². The van der Waals surface area contributed by atoms with Crippen LogP contribution in [0.5, 0.6) is 0 Å². The molecular formula is C15H20F2N2O. The molecule has 2 N–H and O–H groups in total. The fraction of sp³-hybridized carbons (Fsp3) is 0.533. The molecule has 0 atom stereocenters. The van der Waals surface area contributed by atoms with Crippen LogP contribution in [0.4, 0.5) is 8.78 Å². The molecular weight excluding hydrogens is 262 g/mol. The van der Waals surface area contributed by atoms with Gasteiger partial charge in [-0.2, -0.15) is 0 Å².